The second kappa shape index (κ2) is 8.05. The minimum atomic E-state index is -0.213. The standard InChI is InChI=1S/C19H19FN4OS/c1-3-9-22-18(25)16-12(2)15-17(23-11-24-19(15)26-16)21-10-8-13-6-4-5-7-14(13)20/h3-7,11H,1,8-10H2,2H3,(H,22,25)(H,21,23,24). The van der Waals surface area contributed by atoms with E-state index in [1.54, 1.807) is 18.2 Å². The Labute approximate surface area is 155 Å². The van der Waals surface area contributed by atoms with Crippen molar-refractivity contribution in [1.29, 1.82) is 0 Å². The highest BCUT2D eigenvalue weighted by Gasteiger charge is 2.18. The molecule has 2 N–H and O–H groups in total. The van der Waals surface area contributed by atoms with Crippen LogP contribution in [0.5, 0.6) is 0 Å². The van der Waals surface area contributed by atoms with Crippen LogP contribution >= 0.6 is 11.3 Å². The van der Waals surface area contributed by atoms with E-state index in [4.69, 9.17) is 0 Å². The molecule has 2 heterocycles. The molecule has 1 aromatic carbocycles. The zero-order chi connectivity index (χ0) is 18.5. The van der Waals surface area contributed by atoms with Gasteiger partial charge < -0.3 is 10.6 Å². The van der Waals surface area contributed by atoms with Gasteiger partial charge in [0.15, 0.2) is 0 Å². The molecular weight excluding hydrogens is 351 g/mol. The van der Waals surface area contributed by atoms with E-state index in [0.717, 1.165) is 15.8 Å². The van der Waals surface area contributed by atoms with Gasteiger partial charge in [0.1, 0.15) is 22.8 Å². The second-order valence-electron chi connectivity index (χ2n) is 5.73. The second-order valence-corrected chi connectivity index (χ2v) is 6.72. The first-order valence-corrected chi connectivity index (χ1v) is 9.04. The van der Waals surface area contributed by atoms with Crippen LogP contribution in [-0.4, -0.2) is 29.0 Å². The first-order chi connectivity index (χ1) is 12.6. The Morgan fingerprint density at radius 2 is 2.15 bits per heavy atom. The van der Waals surface area contributed by atoms with Crippen LogP contribution in [0.25, 0.3) is 10.2 Å². The number of fused-ring (bicyclic) bond motifs is 1. The molecule has 134 valence electrons. The molecule has 0 atom stereocenters. The number of aryl methyl sites for hydroxylation is 1. The highest BCUT2D eigenvalue weighted by atomic mass is 32.1. The molecule has 0 fully saturated rings. The Morgan fingerprint density at radius 3 is 2.92 bits per heavy atom. The lowest BCUT2D eigenvalue weighted by atomic mass is 10.1. The van der Waals surface area contributed by atoms with Gasteiger partial charge in [-0.2, -0.15) is 0 Å². The molecule has 0 aliphatic rings. The van der Waals surface area contributed by atoms with Gasteiger partial charge in [0.05, 0.1) is 10.3 Å². The van der Waals surface area contributed by atoms with E-state index < -0.39 is 0 Å². The van der Waals surface area contributed by atoms with Crippen LogP contribution in [0.4, 0.5) is 10.2 Å². The molecule has 5 nitrogen and oxygen atoms in total. The fourth-order valence-electron chi connectivity index (χ4n) is 2.68. The normalized spacial score (nSPS) is 10.7. The molecule has 0 radical (unpaired) electrons. The number of hydrogen-bond donors (Lipinski definition) is 2. The summed E-state index contributed by atoms with van der Waals surface area (Å²) < 4.78 is 13.7. The minimum absolute atomic E-state index is 0.150. The lowest BCUT2D eigenvalue weighted by Gasteiger charge is -2.08. The highest BCUT2D eigenvalue weighted by Crippen LogP contribution is 2.33. The van der Waals surface area contributed by atoms with Crippen LogP contribution in [0.15, 0.2) is 43.2 Å². The van der Waals surface area contributed by atoms with E-state index in [1.165, 1.54) is 23.7 Å². The Hall–Kier alpha value is -2.80. The third-order valence-corrected chi connectivity index (χ3v) is 5.18. The fourth-order valence-corrected chi connectivity index (χ4v) is 3.75. The number of amides is 1. The van der Waals surface area contributed by atoms with Crippen LogP contribution in [0.2, 0.25) is 0 Å². The number of thiophene rings is 1. The smallest absolute Gasteiger partial charge is 0.261 e. The number of nitrogens with zero attached hydrogens (tertiary/aromatic N) is 2. The van der Waals surface area contributed by atoms with Crippen molar-refractivity contribution >= 4 is 33.3 Å². The molecule has 2 aromatic heterocycles. The maximum atomic E-state index is 13.7. The average Bonchev–Trinajstić information content (AvgIpc) is 2.99. The van der Waals surface area contributed by atoms with Gasteiger partial charge in [0, 0.05) is 13.1 Å². The molecule has 0 aliphatic heterocycles. The topological polar surface area (TPSA) is 66.9 Å². The molecule has 0 spiro atoms. The largest absolute Gasteiger partial charge is 0.369 e. The number of anilines is 1. The summed E-state index contributed by atoms with van der Waals surface area (Å²) in [7, 11) is 0. The minimum Gasteiger partial charge on any atom is -0.369 e. The SMILES string of the molecule is C=CCNC(=O)c1sc2ncnc(NCCc3ccccc3F)c2c1C. The maximum Gasteiger partial charge on any atom is 0.261 e. The summed E-state index contributed by atoms with van der Waals surface area (Å²) in [6.07, 6.45) is 3.64. The molecule has 0 aliphatic carbocycles. The van der Waals surface area contributed by atoms with Crippen LogP contribution in [0.1, 0.15) is 20.8 Å². The van der Waals surface area contributed by atoms with Gasteiger partial charge in [-0.25, -0.2) is 14.4 Å². The molecule has 1 amide bonds. The summed E-state index contributed by atoms with van der Waals surface area (Å²) in [5, 5.41) is 6.85. The number of aromatic nitrogens is 2. The molecule has 7 heteroatoms. The van der Waals surface area contributed by atoms with E-state index in [-0.39, 0.29) is 11.7 Å². The fraction of sp³-hybridized carbons (Fsp3) is 0.211. The summed E-state index contributed by atoms with van der Waals surface area (Å²) in [4.78, 5) is 22.2. The van der Waals surface area contributed by atoms with Crippen LogP contribution in [0, 0.1) is 12.7 Å². The summed E-state index contributed by atoms with van der Waals surface area (Å²) >= 11 is 1.33. The van der Waals surface area contributed by atoms with Gasteiger partial charge >= 0.3 is 0 Å². The zero-order valence-corrected chi connectivity index (χ0v) is 15.2. The van der Waals surface area contributed by atoms with Crippen molar-refractivity contribution in [3.8, 4) is 0 Å². The lowest BCUT2D eigenvalue weighted by molar-refractivity contribution is 0.0961. The number of nitrogens with one attached hydrogen (secondary N) is 2. The zero-order valence-electron chi connectivity index (χ0n) is 14.4. The average molecular weight is 370 g/mol. The van der Waals surface area contributed by atoms with E-state index in [2.05, 4.69) is 27.2 Å². The van der Waals surface area contributed by atoms with Gasteiger partial charge in [-0.3, -0.25) is 4.79 Å². The summed E-state index contributed by atoms with van der Waals surface area (Å²) in [5.74, 6) is 0.292. The van der Waals surface area contributed by atoms with Crippen molar-refractivity contribution in [2.45, 2.75) is 13.3 Å². The van der Waals surface area contributed by atoms with E-state index in [0.29, 0.717) is 35.8 Å². The van der Waals surface area contributed by atoms with E-state index in [1.807, 2.05) is 13.0 Å². The monoisotopic (exact) mass is 370 g/mol. The Balaban J connectivity index is 1.80. The van der Waals surface area contributed by atoms with Crippen molar-refractivity contribution in [1.82, 2.24) is 15.3 Å². The van der Waals surface area contributed by atoms with Gasteiger partial charge in [-0.15, -0.1) is 17.9 Å². The summed E-state index contributed by atoms with van der Waals surface area (Å²) in [6, 6.07) is 6.71. The van der Waals surface area contributed by atoms with Gasteiger partial charge in [0.2, 0.25) is 0 Å². The Kier molecular flexibility index (Phi) is 5.58. The molecule has 0 saturated heterocycles. The lowest BCUT2D eigenvalue weighted by Crippen LogP contribution is -2.22. The Morgan fingerprint density at radius 1 is 1.35 bits per heavy atom. The Bertz CT molecular complexity index is 954. The summed E-state index contributed by atoms with van der Waals surface area (Å²) in [5.41, 5.74) is 1.48. The van der Waals surface area contributed by atoms with Crippen molar-refractivity contribution in [2.24, 2.45) is 0 Å². The number of carbonyl (C=O) groups excluding carboxylic acids is 1. The first-order valence-electron chi connectivity index (χ1n) is 8.22. The van der Waals surface area contributed by atoms with E-state index >= 15 is 0 Å². The van der Waals surface area contributed by atoms with Crippen LogP contribution in [0.3, 0.4) is 0 Å². The predicted molar refractivity (Wildman–Crippen MR) is 103 cm³/mol. The van der Waals surface area contributed by atoms with Crippen molar-refractivity contribution < 1.29 is 9.18 Å². The number of carbonyl (C=O) groups is 1. The third kappa shape index (κ3) is 3.72. The molecule has 26 heavy (non-hydrogen) atoms. The molecule has 0 bridgehead atoms. The summed E-state index contributed by atoms with van der Waals surface area (Å²) in [6.45, 7) is 6.42. The molecular formula is C19H19FN4OS. The number of halogens is 1. The predicted octanol–water partition coefficient (Wildman–Crippen LogP) is 3.71. The van der Waals surface area contributed by atoms with Crippen molar-refractivity contribution in [3.63, 3.8) is 0 Å². The number of benzene rings is 1. The van der Waals surface area contributed by atoms with Gasteiger partial charge in [0.25, 0.3) is 5.91 Å². The van der Waals surface area contributed by atoms with Crippen molar-refractivity contribution in [2.75, 3.05) is 18.4 Å². The van der Waals surface area contributed by atoms with Gasteiger partial charge in [-0.1, -0.05) is 24.3 Å². The number of rotatable bonds is 7. The molecule has 3 aromatic rings. The first kappa shape index (κ1) is 18.0. The molecule has 0 unspecified atom stereocenters. The van der Waals surface area contributed by atoms with Crippen LogP contribution < -0.4 is 10.6 Å². The quantitative estimate of drug-likeness (QED) is 0.622. The third-order valence-electron chi connectivity index (χ3n) is 3.98. The highest BCUT2D eigenvalue weighted by molar-refractivity contribution is 7.20. The van der Waals surface area contributed by atoms with Gasteiger partial charge in [-0.05, 0) is 30.5 Å². The molecule has 0 saturated carbocycles. The number of hydrogen-bond acceptors (Lipinski definition) is 5. The van der Waals surface area contributed by atoms with E-state index in [9.17, 15) is 9.18 Å². The van der Waals surface area contributed by atoms with Crippen LogP contribution in [-0.2, 0) is 6.42 Å². The van der Waals surface area contributed by atoms with Crippen molar-refractivity contribution in [3.05, 3.63) is 65.1 Å². The molecule has 3 rings (SSSR count). The maximum absolute atomic E-state index is 13.7.